The predicted molar refractivity (Wildman–Crippen MR) is 144 cm³/mol. The number of hydrogen-bond donors (Lipinski definition) is 2. The summed E-state index contributed by atoms with van der Waals surface area (Å²) in [6.07, 6.45) is 2.48. The molecule has 2 atom stereocenters. The third-order valence-electron chi connectivity index (χ3n) is 6.26. The summed E-state index contributed by atoms with van der Waals surface area (Å²) in [7, 11) is 0. The first-order valence-electron chi connectivity index (χ1n) is 13.2. The Bertz CT molecular complexity index is 919. The molecule has 0 aromatic heterocycles. The summed E-state index contributed by atoms with van der Waals surface area (Å²) in [5.74, 6) is -0.295. The topological polar surface area (TPSA) is 87.7 Å². The Kier molecular flexibility index (Phi) is 9.60. The smallest absolute Gasteiger partial charge is 0.408 e. The van der Waals surface area contributed by atoms with E-state index in [-0.39, 0.29) is 23.8 Å². The Morgan fingerprint density at radius 3 is 2.00 bits per heavy atom. The van der Waals surface area contributed by atoms with Crippen LogP contribution in [0.4, 0.5) is 4.79 Å². The van der Waals surface area contributed by atoms with Crippen LogP contribution in [0.3, 0.4) is 0 Å². The highest BCUT2D eigenvalue weighted by molar-refractivity contribution is 5.93. The molecule has 0 bridgehead atoms. The van der Waals surface area contributed by atoms with Gasteiger partial charge in [-0.15, -0.1) is 0 Å². The Morgan fingerprint density at radius 2 is 1.58 bits per heavy atom. The number of nitrogens with one attached hydrogen (secondary N) is 2. The van der Waals surface area contributed by atoms with Crippen molar-refractivity contribution in [3.8, 4) is 0 Å². The number of amides is 3. The van der Waals surface area contributed by atoms with Crippen LogP contribution in [-0.4, -0.2) is 46.0 Å². The van der Waals surface area contributed by atoms with Gasteiger partial charge in [-0.1, -0.05) is 32.0 Å². The molecule has 7 heteroatoms. The summed E-state index contributed by atoms with van der Waals surface area (Å²) in [6.45, 7) is 19.2. The highest BCUT2D eigenvalue weighted by Crippen LogP contribution is 2.36. The van der Waals surface area contributed by atoms with Crippen molar-refractivity contribution >= 4 is 17.9 Å². The molecule has 1 aliphatic rings. The number of ether oxygens (including phenoxy) is 1. The van der Waals surface area contributed by atoms with Crippen molar-refractivity contribution in [2.45, 2.75) is 124 Å². The van der Waals surface area contributed by atoms with Crippen LogP contribution in [0.5, 0.6) is 0 Å². The molecule has 3 amide bonds. The molecule has 0 heterocycles. The molecule has 0 saturated heterocycles. The van der Waals surface area contributed by atoms with E-state index in [2.05, 4.69) is 10.6 Å². The first-order chi connectivity index (χ1) is 16.5. The molecule has 36 heavy (non-hydrogen) atoms. The number of nitrogens with zero attached hydrogens (tertiary/aromatic N) is 1. The lowest BCUT2D eigenvalue weighted by molar-refractivity contribution is -0.148. The van der Waals surface area contributed by atoms with Crippen molar-refractivity contribution < 1.29 is 19.1 Å². The zero-order valence-corrected chi connectivity index (χ0v) is 24.0. The van der Waals surface area contributed by atoms with E-state index in [0.29, 0.717) is 6.42 Å². The molecule has 1 aromatic rings. The first-order valence-corrected chi connectivity index (χ1v) is 13.2. The number of benzene rings is 1. The van der Waals surface area contributed by atoms with Crippen molar-refractivity contribution in [3.63, 3.8) is 0 Å². The fraction of sp³-hybridized carbons (Fsp3) is 0.690. The van der Waals surface area contributed by atoms with E-state index in [4.69, 9.17) is 4.74 Å². The summed E-state index contributed by atoms with van der Waals surface area (Å²) < 4.78 is 5.48. The summed E-state index contributed by atoms with van der Waals surface area (Å²) >= 11 is 0. The van der Waals surface area contributed by atoms with Crippen LogP contribution >= 0.6 is 0 Å². The molecule has 202 valence electrons. The van der Waals surface area contributed by atoms with Gasteiger partial charge in [0.25, 0.3) is 0 Å². The number of hydrogen-bond acceptors (Lipinski definition) is 4. The van der Waals surface area contributed by atoms with Crippen molar-refractivity contribution in [3.05, 3.63) is 34.9 Å². The standard InChI is InChI=1S/C29H47N3O4/c1-18(2)17-22(30-27(35)36-29(8,9)10)26(34)32(21-15-12-16-21)24(25(33)31-28(5,6)7)23-19(3)13-11-14-20(23)4/h11,13-14,18,21-22,24H,12,15-17H2,1-10H3,(H,30,35)(H,31,33). The van der Waals surface area contributed by atoms with Crippen molar-refractivity contribution in [1.82, 2.24) is 15.5 Å². The van der Waals surface area contributed by atoms with Crippen LogP contribution in [0.25, 0.3) is 0 Å². The highest BCUT2D eigenvalue weighted by Gasteiger charge is 2.43. The van der Waals surface area contributed by atoms with Crippen molar-refractivity contribution in [2.75, 3.05) is 0 Å². The molecule has 0 radical (unpaired) electrons. The largest absolute Gasteiger partial charge is 0.444 e. The van der Waals surface area contributed by atoms with Gasteiger partial charge in [0.05, 0.1) is 0 Å². The maximum absolute atomic E-state index is 14.3. The minimum absolute atomic E-state index is 0.0673. The zero-order valence-electron chi connectivity index (χ0n) is 24.0. The van der Waals surface area contributed by atoms with Crippen LogP contribution in [0.1, 0.15) is 104 Å². The Hall–Kier alpha value is -2.57. The monoisotopic (exact) mass is 501 g/mol. The van der Waals surface area contributed by atoms with Gasteiger partial charge in [-0.3, -0.25) is 9.59 Å². The van der Waals surface area contributed by atoms with Gasteiger partial charge >= 0.3 is 6.09 Å². The number of alkyl carbamates (subject to hydrolysis) is 1. The summed E-state index contributed by atoms with van der Waals surface area (Å²) in [4.78, 5) is 42.7. The molecule has 2 N–H and O–H groups in total. The molecule has 2 unspecified atom stereocenters. The average Bonchev–Trinajstić information content (AvgIpc) is 2.63. The van der Waals surface area contributed by atoms with Gasteiger partial charge in [0.15, 0.2) is 0 Å². The third-order valence-corrected chi connectivity index (χ3v) is 6.26. The van der Waals surface area contributed by atoms with Gasteiger partial charge in [-0.05, 0) is 104 Å². The zero-order chi connectivity index (χ0) is 27.4. The molecule has 0 aliphatic heterocycles. The van der Waals surface area contributed by atoms with E-state index in [0.717, 1.165) is 36.0 Å². The minimum atomic E-state index is -0.797. The number of carbonyl (C=O) groups excluding carboxylic acids is 3. The van der Waals surface area contributed by atoms with Gasteiger partial charge < -0.3 is 20.3 Å². The fourth-order valence-electron chi connectivity index (χ4n) is 4.60. The predicted octanol–water partition coefficient (Wildman–Crippen LogP) is 5.58. The van der Waals surface area contributed by atoms with Crippen LogP contribution in [0.15, 0.2) is 18.2 Å². The quantitative estimate of drug-likeness (QED) is 0.487. The Labute approximate surface area is 217 Å². The maximum Gasteiger partial charge on any atom is 0.408 e. The van der Waals surface area contributed by atoms with E-state index >= 15 is 0 Å². The summed E-state index contributed by atoms with van der Waals surface area (Å²) in [5, 5.41) is 5.94. The van der Waals surface area contributed by atoms with Gasteiger partial charge in [-0.25, -0.2) is 4.79 Å². The molecule has 1 aliphatic carbocycles. The van der Waals surface area contributed by atoms with E-state index in [9.17, 15) is 14.4 Å². The average molecular weight is 502 g/mol. The van der Waals surface area contributed by atoms with Gasteiger partial charge in [-0.2, -0.15) is 0 Å². The minimum Gasteiger partial charge on any atom is -0.444 e. The molecular weight excluding hydrogens is 454 g/mol. The second kappa shape index (κ2) is 11.7. The first kappa shape index (κ1) is 29.7. The Morgan fingerprint density at radius 1 is 1.03 bits per heavy atom. The molecule has 1 fully saturated rings. The van der Waals surface area contributed by atoms with Crippen molar-refractivity contribution in [2.24, 2.45) is 5.92 Å². The van der Waals surface area contributed by atoms with Crippen LogP contribution in [0, 0.1) is 19.8 Å². The van der Waals surface area contributed by atoms with Crippen LogP contribution < -0.4 is 10.6 Å². The number of rotatable bonds is 8. The van der Waals surface area contributed by atoms with E-state index in [1.165, 1.54) is 0 Å². The van der Waals surface area contributed by atoms with Gasteiger partial charge in [0.2, 0.25) is 11.8 Å². The van der Waals surface area contributed by atoms with E-state index < -0.39 is 29.3 Å². The SMILES string of the molecule is Cc1cccc(C)c1C(C(=O)NC(C)(C)C)N(C(=O)C(CC(C)C)NC(=O)OC(C)(C)C)C1CCC1. The maximum atomic E-state index is 14.3. The molecule has 2 rings (SSSR count). The number of aryl methyl sites for hydroxylation is 2. The van der Waals surface area contributed by atoms with Gasteiger partial charge in [0.1, 0.15) is 17.7 Å². The fourth-order valence-corrected chi connectivity index (χ4v) is 4.60. The molecule has 0 spiro atoms. The van der Waals surface area contributed by atoms with Crippen molar-refractivity contribution in [1.29, 1.82) is 0 Å². The lowest BCUT2D eigenvalue weighted by Crippen LogP contribution is -2.59. The lowest BCUT2D eigenvalue weighted by Gasteiger charge is -2.45. The number of carbonyl (C=O) groups is 3. The molecule has 1 saturated carbocycles. The third kappa shape index (κ3) is 8.24. The van der Waals surface area contributed by atoms with E-state index in [1.807, 2.05) is 66.7 Å². The van der Waals surface area contributed by atoms with Crippen LogP contribution in [0.2, 0.25) is 0 Å². The summed E-state index contributed by atoms with van der Waals surface area (Å²) in [6, 6.07) is 4.27. The lowest BCUT2D eigenvalue weighted by atomic mass is 9.85. The second-order valence-corrected chi connectivity index (χ2v) is 12.6. The molecule has 1 aromatic carbocycles. The van der Waals surface area contributed by atoms with E-state index in [1.54, 1.807) is 25.7 Å². The normalized spacial score (nSPS) is 16.1. The van der Waals surface area contributed by atoms with Gasteiger partial charge in [0, 0.05) is 11.6 Å². The molecular formula is C29H47N3O4. The highest BCUT2D eigenvalue weighted by atomic mass is 16.6. The Balaban J connectivity index is 2.58. The second-order valence-electron chi connectivity index (χ2n) is 12.6. The summed E-state index contributed by atoms with van der Waals surface area (Å²) in [5.41, 5.74) is 1.62. The van der Waals surface area contributed by atoms with Crippen LogP contribution in [-0.2, 0) is 14.3 Å². The molecule has 7 nitrogen and oxygen atoms in total.